The number of nitrogens with zero attached hydrogens (tertiary/aromatic N) is 1. The van der Waals surface area contributed by atoms with E-state index in [-0.39, 0.29) is 0 Å². The normalized spacial score (nSPS) is 22.6. The van der Waals surface area contributed by atoms with E-state index in [0.717, 1.165) is 44.3 Å². The van der Waals surface area contributed by atoms with E-state index in [1.807, 2.05) is 4.90 Å². The molecule has 0 spiro atoms. The molecule has 0 radical (unpaired) electrons. The predicted molar refractivity (Wildman–Crippen MR) is 75.9 cm³/mol. The molecule has 0 N–H and O–H groups in total. The molecule has 18 heavy (non-hydrogen) atoms. The number of amides is 1. The van der Waals surface area contributed by atoms with Gasteiger partial charge in [-0.3, -0.25) is 4.79 Å². The van der Waals surface area contributed by atoms with Crippen molar-refractivity contribution in [3.05, 3.63) is 0 Å². The van der Waals surface area contributed by atoms with Gasteiger partial charge in [0.15, 0.2) is 0 Å². The van der Waals surface area contributed by atoms with Crippen LogP contribution in [0.15, 0.2) is 0 Å². The number of piperidine rings is 1. The fourth-order valence-corrected chi connectivity index (χ4v) is 3.26. The first-order valence-corrected chi connectivity index (χ1v) is 8.37. The molecule has 1 aliphatic heterocycles. The first kappa shape index (κ1) is 14.3. The number of rotatable bonds is 5. The highest BCUT2D eigenvalue weighted by Crippen LogP contribution is 2.28. The average Bonchev–Trinajstić information content (AvgIpc) is 2.89. The number of carbonyl (C=O) groups excluding carboxylic acids is 1. The quantitative estimate of drug-likeness (QED) is 0.730. The number of likely N-dealkylation sites (tertiary alicyclic amines) is 1. The molecule has 1 saturated heterocycles. The molecule has 2 aliphatic rings. The van der Waals surface area contributed by atoms with Crippen LogP contribution in [0.4, 0.5) is 0 Å². The second-order valence-electron chi connectivity index (χ2n) is 5.49. The van der Waals surface area contributed by atoms with Crippen molar-refractivity contribution in [1.82, 2.24) is 4.90 Å². The van der Waals surface area contributed by atoms with Gasteiger partial charge in [-0.2, -0.15) is 0 Å². The molecular weight excluding hydrogens is 294 g/mol. The molecule has 1 saturated carbocycles. The minimum atomic E-state index is 0.359. The third kappa shape index (κ3) is 4.23. The molecule has 2 fully saturated rings. The summed E-state index contributed by atoms with van der Waals surface area (Å²) < 4.78 is 5.71. The minimum absolute atomic E-state index is 0.359. The number of carbonyl (C=O) groups is 1. The SMILES string of the molecule is O=C(CC1CCCC1)N1CCC(OCCBr)CC1. The van der Waals surface area contributed by atoms with Crippen molar-refractivity contribution in [1.29, 1.82) is 0 Å². The molecule has 4 heteroatoms. The van der Waals surface area contributed by atoms with Crippen molar-refractivity contribution in [2.45, 2.75) is 51.0 Å². The van der Waals surface area contributed by atoms with E-state index in [9.17, 15) is 4.79 Å². The summed E-state index contributed by atoms with van der Waals surface area (Å²) in [6.07, 6.45) is 8.31. The number of hydrogen-bond acceptors (Lipinski definition) is 2. The van der Waals surface area contributed by atoms with Crippen LogP contribution in [0.2, 0.25) is 0 Å². The third-order valence-electron chi connectivity index (χ3n) is 4.16. The van der Waals surface area contributed by atoms with Crippen LogP contribution in [0, 0.1) is 5.92 Å². The minimum Gasteiger partial charge on any atom is -0.377 e. The van der Waals surface area contributed by atoms with E-state index in [2.05, 4.69) is 15.9 Å². The predicted octanol–water partition coefficient (Wildman–Crippen LogP) is 2.97. The zero-order valence-electron chi connectivity index (χ0n) is 11.1. The lowest BCUT2D eigenvalue weighted by atomic mass is 10.0. The molecule has 0 unspecified atom stereocenters. The fourth-order valence-electron chi connectivity index (χ4n) is 3.07. The smallest absolute Gasteiger partial charge is 0.222 e. The van der Waals surface area contributed by atoms with Gasteiger partial charge in [0.25, 0.3) is 0 Å². The molecule has 2 rings (SSSR count). The highest BCUT2D eigenvalue weighted by molar-refractivity contribution is 9.09. The summed E-state index contributed by atoms with van der Waals surface area (Å²) in [5.74, 6) is 1.04. The summed E-state index contributed by atoms with van der Waals surface area (Å²) >= 11 is 3.37. The second kappa shape index (κ2) is 7.49. The highest BCUT2D eigenvalue weighted by atomic mass is 79.9. The number of ether oxygens (including phenoxy) is 1. The van der Waals surface area contributed by atoms with Gasteiger partial charge in [-0.05, 0) is 31.6 Å². The maximum atomic E-state index is 12.2. The molecule has 0 aromatic heterocycles. The third-order valence-corrected chi connectivity index (χ3v) is 4.49. The Morgan fingerprint density at radius 1 is 1.17 bits per heavy atom. The van der Waals surface area contributed by atoms with E-state index in [4.69, 9.17) is 4.74 Å². The van der Waals surface area contributed by atoms with E-state index in [1.54, 1.807) is 0 Å². The first-order valence-electron chi connectivity index (χ1n) is 7.25. The Kier molecular flexibility index (Phi) is 5.96. The summed E-state index contributed by atoms with van der Waals surface area (Å²) in [6, 6.07) is 0. The molecule has 0 atom stereocenters. The van der Waals surface area contributed by atoms with Gasteiger partial charge in [0.05, 0.1) is 12.7 Å². The molecule has 3 nitrogen and oxygen atoms in total. The molecule has 1 amide bonds. The van der Waals surface area contributed by atoms with Gasteiger partial charge in [0.2, 0.25) is 5.91 Å². The van der Waals surface area contributed by atoms with Crippen molar-refractivity contribution in [2.75, 3.05) is 25.0 Å². The van der Waals surface area contributed by atoms with Gasteiger partial charge in [0.1, 0.15) is 0 Å². The van der Waals surface area contributed by atoms with Crippen LogP contribution in [0.3, 0.4) is 0 Å². The fraction of sp³-hybridized carbons (Fsp3) is 0.929. The highest BCUT2D eigenvalue weighted by Gasteiger charge is 2.26. The lowest BCUT2D eigenvalue weighted by Crippen LogP contribution is -2.41. The molecule has 104 valence electrons. The number of alkyl halides is 1. The summed E-state index contributed by atoms with van der Waals surface area (Å²) in [7, 11) is 0. The Hall–Kier alpha value is -0.0900. The van der Waals surface area contributed by atoms with Crippen molar-refractivity contribution in [3.8, 4) is 0 Å². The number of hydrogen-bond donors (Lipinski definition) is 0. The van der Waals surface area contributed by atoms with Gasteiger partial charge in [-0.25, -0.2) is 0 Å². The lowest BCUT2D eigenvalue weighted by molar-refractivity contribution is -0.134. The summed E-state index contributed by atoms with van der Waals surface area (Å²) in [5, 5.41) is 0.897. The zero-order valence-corrected chi connectivity index (χ0v) is 12.7. The standard InChI is InChI=1S/C14H24BrNO2/c15-7-10-18-13-5-8-16(9-6-13)14(17)11-12-3-1-2-4-12/h12-13H,1-11H2. The summed E-state index contributed by atoms with van der Waals surface area (Å²) in [5.41, 5.74) is 0. The Labute approximate surface area is 118 Å². The molecule has 1 heterocycles. The van der Waals surface area contributed by atoms with Crippen LogP contribution in [0.25, 0.3) is 0 Å². The maximum Gasteiger partial charge on any atom is 0.222 e. The van der Waals surface area contributed by atoms with E-state index >= 15 is 0 Å². The van der Waals surface area contributed by atoms with Crippen LogP contribution in [-0.2, 0) is 9.53 Å². The Balaban J connectivity index is 1.66. The maximum absolute atomic E-state index is 12.2. The van der Waals surface area contributed by atoms with E-state index < -0.39 is 0 Å². The van der Waals surface area contributed by atoms with Crippen LogP contribution >= 0.6 is 15.9 Å². The Morgan fingerprint density at radius 2 is 1.83 bits per heavy atom. The van der Waals surface area contributed by atoms with Crippen LogP contribution < -0.4 is 0 Å². The average molecular weight is 318 g/mol. The van der Waals surface area contributed by atoms with Crippen LogP contribution in [-0.4, -0.2) is 41.9 Å². The van der Waals surface area contributed by atoms with Crippen molar-refractivity contribution in [2.24, 2.45) is 5.92 Å². The first-order chi connectivity index (χ1) is 8.79. The van der Waals surface area contributed by atoms with E-state index in [1.165, 1.54) is 25.7 Å². The van der Waals surface area contributed by atoms with Gasteiger partial charge in [0, 0.05) is 24.8 Å². The van der Waals surface area contributed by atoms with Gasteiger partial charge in [-0.15, -0.1) is 0 Å². The molecular formula is C14H24BrNO2. The van der Waals surface area contributed by atoms with E-state index in [0.29, 0.717) is 17.9 Å². The molecule has 0 bridgehead atoms. The molecule has 1 aliphatic carbocycles. The van der Waals surface area contributed by atoms with Gasteiger partial charge >= 0.3 is 0 Å². The second-order valence-corrected chi connectivity index (χ2v) is 6.29. The largest absolute Gasteiger partial charge is 0.377 e. The van der Waals surface area contributed by atoms with Crippen LogP contribution in [0.1, 0.15) is 44.9 Å². The number of halogens is 1. The van der Waals surface area contributed by atoms with Gasteiger partial charge in [-0.1, -0.05) is 28.8 Å². The monoisotopic (exact) mass is 317 g/mol. The molecule has 0 aromatic carbocycles. The van der Waals surface area contributed by atoms with Crippen molar-refractivity contribution in [3.63, 3.8) is 0 Å². The van der Waals surface area contributed by atoms with Crippen LogP contribution in [0.5, 0.6) is 0 Å². The summed E-state index contributed by atoms with van der Waals surface area (Å²) in [6.45, 7) is 2.55. The Bertz CT molecular complexity index is 259. The zero-order chi connectivity index (χ0) is 12.8. The van der Waals surface area contributed by atoms with Crippen molar-refractivity contribution < 1.29 is 9.53 Å². The Morgan fingerprint density at radius 3 is 2.44 bits per heavy atom. The summed E-state index contributed by atoms with van der Waals surface area (Å²) in [4.78, 5) is 14.2. The van der Waals surface area contributed by atoms with Crippen molar-refractivity contribution >= 4 is 21.8 Å². The topological polar surface area (TPSA) is 29.5 Å². The van der Waals surface area contributed by atoms with Gasteiger partial charge < -0.3 is 9.64 Å². The molecule has 0 aromatic rings. The lowest BCUT2D eigenvalue weighted by Gasteiger charge is -2.32.